The van der Waals surface area contributed by atoms with Gasteiger partial charge in [-0.25, -0.2) is 18.4 Å². The Morgan fingerprint density at radius 3 is 2.24 bits per heavy atom. The van der Waals surface area contributed by atoms with E-state index in [0.29, 0.717) is 22.2 Å². The predicted molar refractivity (Wildman–Crippen MR) is 134 cm³/mol. The number of sulfonamides is 1. The molecule has 0 saturated heterocycles. The summed E-state index contributed by atoms with van der Waals surface area (Å²) in [5.74, 6) is 2.27. The quantitative estimate of drug-likeness (QED) is 0.484. The van der Waals surface area contributed by atoms with Crippen molar-refractivity contribution in [1.82, 2.24) is 9.97 Å². The van der Waals surface area contributed by atoms with Gasteiger partial charge in [-0.15, -0.1) is 0 Å². The van der Waals surface area contributed by atoms with Crippen LogP contribution in [0.1, 0.15) is 43.6 Å². The van der Waals surface area contributed by atoms with Crippen LogP contribution in [0.3, 0.4) is 0 Å². The average Bonchev–Trinajstić information content (AvgIpc) is 2.80. The zero-order chi connectivity index (χ0) is 23.4. The summed E-state index contributed by atoms with van der Waals surface area (Å²) in [6.07, 6.45) is 4.25. The molecule has 4 rings (SSSR count). The molecule has 8 heteroatoms. The van der Waals surface area contributed by atoms with Gasteiger partial charge in [-0.2, -0.15) is 0 Å². The molecule has 3 aromatic rings. The first-order chi connectivity index (χ1) is 15.9. The molecular formula is C25H31N5O2S. The summed E-state index contributed by atoms with van der Waals surface area (Å²) in [5.41, 5.74) is 3.74. The second-order valence-electron chi connectivity index (χ2n) is 8.28. The first-order valence-electron chi connectivity index (χ1n) is 11.5. The summed E-state index contributed by atoms with van der Waals surface area (Å²) < 4.78 is 28.5. The third-order valence-electron chi connectivity index (χ3n) is 5.95. The van der Waals surface area contributed by atoms with Crippen LogP contribution in [0.5, 0.6) is 0 Å². The minimum absolute atomic E-state index is 0.311. The molecule has 7 nitrogen and oxygen atoms in total. The fraction of sp³-hybridized carbons (Fsp3) is 0.360. The van der Waals surface area contributed by atoms with Crippen molar-refractivity contribution < 1.29 is 8.42 Å². The maximum atomic E-state index is 12.9. The average molecular weight is 466 g/mol. The summed E-state index contributed by atoms with van der Waals surface area (Å²) in [6, 6.07) is 14.6. The lowest BCUT2D eigenvalue weighted by atomic mass is 9.92. The third-order valence-corrected chi connectivity index (χ3v) is 7.33. The van der Waals surface area contributed by atoms with Crippen LogP contribution in [0.25, 0.3) is 0 Å². The van der Waals surface area contributed by atoms with Gasteiger partial charge in [0.1, 0.15) is 17.5 Å². The molecule has 0 fully saturated rings. The van der Waals surface area contributed by atoms with Gasteiger partial charge in [0.2, 0.25) is 0 Å². The van der Waals surface area contributed by atoms with Gasteiger partial charge in [0.05, 0.1) is 4.90 Å². The fourth-order valence-electron chi connectivity index (χ4n) is 4.19. The van der Waals surface area contributed by atoms with E-state index in [9.17, 15) is 8.42 Å². The molecule has 1 aromatic heterocycles. The monoisotopic (exact) mass is 465 g/mol. The zero-order valence-corrected chi connectivity index (χ0v) is 20.2. The summed E-state index contributed by atoms with van der Waals surface area (Å²) in [7, 11) is -3.64. The number of nitrogens with one attached hydrogen (secondary N) is 2. The number of hydrogen-bond donors (Lipinski definition) is 2. The van der Waals surface area contributed by atoms with E-state index in [-0.39, 0.29) is 0 Å². The number of benzene rings is 2. The van der Waals surface area contributed by atoms with Gasteiger partial charge >= 0.3 is 0 Å². The molecule has 33 heavy (non-hydrogen) atoms. The lowest BCUT2D eigenvalue weighted by molar-refractivity contribution is 0.600. The summed E-state index contributed by atoms with van der Waals surface area (Å²) >= 11 is 0. The third kappa shape index (κ3) is 5.45. The van der Waals surface area contributed by atoms with Crippen molar-refractivity contribution in [2.24, 2.45) is 0 Å². The molecule has 1 aliphatic carbocycles. The van der Waals surface area contributed by atoms with Gasteiger partial charge in [-0.1, -0.05) is 6.07 Å². The molecule has 0 saturated carbocycles. The molecule has 174 valence electrons. The van der Waals surface area contributed by atoms with Crippen LogP contribution in [0.15, 0.2) is 53.4 Å². The number of anilines is 4. The number of nitrogens with zero attached hydrogens (tertiary/aromatic N) is 3. The van der Waals surface area contributed by atoms with Crippen LogP contribution in [-0.4, -0.2) is 31.5 Å². The topological polar surface area (TPSA) is 87.2 Å². The number of aromatic nitrogens is 2. The lowest BCUT2D eigenvalue weighted by Gasteiger charge is -2.20. The summed E-state index contributed by atoms with van der Waals surface area (Å²) in [4.78, 5) is 11.5. The highest BCUT2D eigenvalue weighted by atomic mass is 32.2. The van der Waals surface area contributed by atoms with Gasteiger partial charge in [0, 0.05) is 30.5 Å². The standard InChI is InChI=1S/C25H31N5O2S/c1-4-30(5-2)25-17-24(26-18(3)27-25)28-21-11-13-22(14-12-21)29-33(31,32)23-15-10-19-8-6-7-9-20(19)16-23/h10-17,29H,4-9H2,1-3H3,(H,26,27,28). The molecule has 0 amide bonds. The Morgan fingerprint density at radius 2 is 1.55 bits per heavy atom. The number of fused-ring (bicyclic) bond motifs is 1. The molecule has 2 N–H and O–H groups in total. The molecule has 0 spiro atoms. The van der Waals surface area contributed by atoms with E-state index in [1.165, 1.54) is 12.0 Å². The van der Waals surface area contributed by atoms with Crippen LogP contribution in [0.4, 0.5) is 23.0 Å². The Bertz CT molecular complexity index is 1220. The molecule has 0 atom stereocenters. The van der Waals surface area contributed by atoms with E-state index in [0.717, 1.165) is 49.4 Å². The van der Waals surface area contributed by atoms with Crippen molar-refractivity contribution in [2.45, 2.75) is 51.3 Å². The zero-order valence-electron chi connectivity index (χ0n) is 19.4. The molecule has 0 radical (unpaired) electrons. The van der Waals surface area contributed by atoms with Crippen LogP contribution < -0.4 is 14.9 Å². The second kappa shape index (κ2) is 9.79. The Morgan fingerprint density at radius 1 is 0.879 bits per heavy atom. The maximum absolute atomic E-state index is 12.9. The van der Waals surface area contributed by atoms with Crippen molar-refractivity contribution in [1.29, 1.82) is 0 Å². The number of rotatable bonds is 8. The van der Waals surface area contributed by atoms with Gasteiger partial charge in [0.15, 0.2) is 0 Å². The van der Waals surface area contributed by atoms with Crippen molar-refractivity contribution in [3.05, 3.63) is 65.5 Å². The van der Waals surface area contributed by atoms with Crippen molar-refractivity contribution >= 4 is 33.0 Å². The van der Waals surface area contributed by atoms with Gasteiger partial charge in [-0.3, -0.25) is 4.72 Å². The minimum atomic E-state index is -3.64. The molecule has 2 aromatic carbocycles. The highest BCUT2D eigenvalue weighted by Crippen LogP contribution is 2.26. The summed E-state index contributed by atoms with van der Waals surface area (Å²) in [6.45, 7) is 7.80. The van der Waals surface area contributed by atoms with Crippen LogP contribution in [-0.2, 0) is 22.9 Å². The number of hydrogen-bond acceptors (Lipinski definition) is 6. The number of aryl methyl sites for hydroxylation is 3. The van der Waals surface area contributed by atoms with Crippen LogP contribution in [0, 0.1) is 6.92 Å². The molecule has 0 bridgehead atoms. The molecule has 1 aliphatic rings. The van der Waals surface area contributed by atoms with E-state index in [4.69, 9.17) is 0 Å². The molecule has 0 unspecified atom stereocenters. The second-order valence-corrected chi connectivity index (χ2v) is 9.96. The first-order valence-corrected chi connectivity index (χ1v) is 13.0. The van der Waals surface area contributed by atoms with E-state index in [1.54, 1.807) is 18.2 Å². The molecule has 0 aliphatic heterocycles. The molecule has 1 heterocycles. The minimum Gasteiger partial charge on any atom is -0.357 e. The van der Waals surface area contributed by atoms with E-state index in [1.807, 2.05) is 37.3 Å². The fourth-order valence-corrected chi connectivity index (χ4v) is 5.29. The highest BCUT2D eigenvalue weighted by Gasteiger charge is 2.18. The van der Waals surface area contributed by atoms with Gasteiger partial charge in [0.25, 0.3) is 10.0 Å². The predicted octanol–water partition coefficient (Wildman–Crippen LogP) is 5.05. The van der Waals surface area contributed by atoms with E-state index < -0.39 is 10.0 Å². The van der Waals surface area contributed by atoms with Crippen molar-refractivity contribution in [2.75, 3.05) is 28.0 Å². The lowest BCUT2D eigenvalue weighted by Crippen LogP contribution is -2.23. The normalized spacial score (nSPS) is 13.3. The van der Waals surface area contributed by atoms with E-state index >= 15 is 0 Å². The Balaban J connectivity index is 1.48. The van der Waals surface area contributed by atoms with E-state index in [2.05, 4.69) is 38.8 Å². The largest absolute Gasteiger partial charge is 0.357 e. The Hall–Kier alpha value is -3.13. The maximum Gasteiger partial charge on any atom is 0.261 e. The van der Waals surface area contributed by atoms with Crippen LogP contribution >= 0.6 is 0 Å². The summed E-state index contributed by atoms with van der Waals surface area (Å²) in [5, 5.41) is 3.29. The van der Waals surface area contributed by atoms with Gasteiger partial charge < -0.3 is 10.2 Å². The Kier molecular flexibility index (Phi) is 6.83. The van der Waals surface area contributed by atoms with Crippen molar-refractivity contribution in [3.63, 3.8) is 0 Å². The van der Waals surface area contributed by atoms with Crippen LogP contribution in [0.2, 0.25) is 0 Å². The van der Waals surface area contributed by atoms with Gasteiger partial charge in [-0.05, 0) is 94.0 Å². The highest BCUT2D eigenvalue weighted by molar-refractivity contribution is 7.92. The SMILES string of the molecule is CCN(CC)c1cc(Nc2ccc(NS(=O)(=O)c3ccc4c(c3)CCCC4)cc2)nc(C)n1. The molecular weight excluding hydrogens is 434 g/mol. The first kappa shape index (κ1) is 23.0. The smallest absolute Gasteiger partial charge is 0.261 e. The van der Waals surface area contributed by atoms with Crippen molar-refractivity contribution in [3.8, 4) is 0 Å². The Labute approximate surface area is 196 Å².